The summed E-state index contributed by atoms with van der Waals surface area (Å²) in [5.74, 6) is 0.0941. The number of phenolic OH excluding ortho intramolecular Hbond substituents is 2. The molecule has 1 aromatic heterocycles. The lowest BCUT2D eigenvalue weighted by Crippen LogP contribution is -2.15. The van der Waals surface area contributed by atoms with Crippen LogP contribution < -0.4 is 15.6 Å². The zero-order valence-electron chi connectivity index (χ0n) is 15.7. The summed E-state index contributed by atoms with van der Waals surface area (Å²) in [6.45, 7) is 0. The number of rotatable bonds is 6. The molecule has 9 nitrogen and oxygen atoms in total. The minimum atomic E-state index is -0.349. The third kappa shape index (κ3) is 5.13. The van der Waals surface area contributed by atoms with Crippen molar-refractivity contribution in [2.24, 2.45) is 5.10 Å². The second-order valence-electron chi connectivity index (χ2n) is 6.14. The highest BCUT2D eigenvalue weighted by Crippen LogP contribution is 2.40. The zero-order chi connectivity index (χ0) is 21.8. The van der Waals surface area contributed by atoms with E-state index in [4.69, 9.17) is 0 Å². The molecule has 3 aromatic rings. The number of hydrogen-bond donors (Lipinski definition) is 4. The van der Waals surface area contributed by atoms with Crippen LogP contribution in [-0.4, -0.2) is 45.5 Å². The molecule has 0 unspecified atom stereocenters. The van der Waals surface area contributed by atoms with Gasteiger partial charge < -0.3 is 20.4 Å². The Morgan fingerprint density at radius 1 is 1.03 bits per heavy atom. The molecule has 12 heteroatoms. The first kappa shape index (κ1) is 21.7. The number of nitrogens with one attached hydrogen (secondary N) is 2. The smallest absolute Gasteiger partial charge is 0.250 e. The van der Waals surface area contributed by atoms with Crippen molar-refractivity contribution in [3.63, 3.8) is 0 Å². The third-order valence-corrected chi connectivity index (χ3v) is 5.05. The zero-order valence-corrected chi connectivity index (χ0v) is 18.9. The Morgan fingerprint density at radius 2 is 1.70 bits per heavy atom. The summed E-state index contributed by atoms with van der Waals surface area (Å²) < 4.78 is 13.6. The fraction of sp³-hybridized carbons (Fsp3) is 0.111. The Bertz CT molecular complexity index is 1090. The molecule has 0 bridgehead atoms. The SMILES string of the molecule is CN(C)c1nc(N/N=C\c2cc(Br)c(O)c(Br)c2O)nc(Nc2ccc(F)cc2)n1. The first-order valence-electron chi connectivity index (χ1n) is 8.39. The summed E-state index contributed by atoms with van der Waals surface area (Å²) in [5, 5.41) is 26.9. The number of phenols is 2. The second-order valence-corrected chi connectivity index (χ2v) is 7.79. The Morgan fingerprint density at radius 3 is 2.37 bits per heavy atom. The summed E-state index contributed by atoms with van der Waals surface area (Å²) in [4.78, 5) is 14.5. The molecule has 0 aliphatic heterocycles. The maximum Gasteiger partial charge on any atom is 0.250 e. The van der Waals surface area contributed by atoms with Crippen LogP contribution >= 0.6 is 31.9 Å². The molecule has 0 amide bonds. The van der Waals surface area contributed by atoms with Crippen LogP contribution in [0.1, 0.15) is 5.56 Å². The molecule has 0 saturated heterocycles. The van der Waals surface area contributed by atoms with E-state index in [1.807, 2.05) is 0 Å². The molecule has 4 N–H and O–H groups in total. The maximum atomic E-state index is 13.1. The molecule has 3 rings (SSSR count). The van der Waals surface area contributed by atoms with Gasteiger partial charge in [0.2, 0.25) is 17.8 Å². The Kier molecular flexibility index (Phi) is 6.67. The fourth-order valence-corrected chi connectivity index (χ4v) is 3.36. The predicted molar refractivity (Wildman–Crippen MR) is 120 cm³/mol. The normalized spacial score (nSPS) is 11.0. The van der Waals surface area contributed by atoms with Gasteiger partial charge in [-0.05, 0) is 62.2 Å². The number of aromatic nitrogens is 3. The van der Waals surface area contributed by atoms with Crippen molar-refractivity contribution >= 4 is 61.6 Å². The highest BCUT2D eigenvalue weighted by Gasteiger charge is 2.13. The number of aromatic hydroxyl groups is 2. The lowest BCUT2D eigenvalue weighted by atomic mass is 10.2. The van der Waals surface area contributed by atoms with Crippen LogP contribution in [-0.2, 0) is 0 Å². The van der Waals surface area contributed by atoms with Gasteiger partial charge in [0.1, 0.15) is 21.8 Å². The Hall–Kier alpha value is -2.99. The lowest BCUT2D eigenvalue weighted by molar-refractivity contribution is 0.442. The molecular formula is C18H16Br2FN7O2. The number of halogens is 3. The van der Waals surface area contributed by atoms with Gasteiger partial charge in [-0.2, -0.15) is 20.1 Å². The van der Waals surface area contributed by atoms with Gasteiger partial charge in [0, 0.05) is 25.3 Å². The topological polar surface area (TPSA) is 119 Å². The van der Waals surface area contributed by atoms with Gasteiger partial charge in [0.15, 0.2) is 0 Å². The molecule has 1 heterocycles. The molecule has 0 aliphatic rings. The largest absolute Gasteiger partial charge is 0.506 e. The Balaban J connectivity index is 1.84. The van der Waals surface area contributed by atoms with Crippen LogP contribution in [0.25, 0.3) is 0 Å². The summed E-state index contributed by atoms with van der Waals surface area (Å²) in [6, 6.07) is 7.26. The monoisotopic (exact) mass is 539 g/mol. The van der Waals surface area contributed by atoms with E-state index in [-0.39, 0.29) is 33.7 Å². The van der Waals surface area contributed by atoms with Crippen molar-refractivity contribution < 1.29 is 14.6 Å². The van der Waals surface area contributed by atoms with Crippen molar-refractivity contribution in [2.45, 2.75) is 0 Å². The van der Waals surface area contributed by atoms with Crippen LogP contribution in [0.5, 0.6) is 11.5 Å². The second kappa shape index (κ2) is 9.22. The molecule has 30 heavy (non-hydrogen) atoms. The average molecular weight is 541 g/mol. The van der Waals surface area contributed by atoms with Crippen LogP contribution in [0.4, 0.5) is 27.9 Å². The summed E-state index contributed by atoms with van der Waals surface area (Å²) in [6.07, 6.45) is 1.34. The number of nitrogens with zero attached hydrogens (tertiary/aromatic N) is 5. The van der Waals surface area contributed by atoms with E-state index in [0.717, 1.165) is 0 Å². The first-order chi connectivity index (χ1) is 14.2. The number of benzene rings is 2. The van der Waals surface area contributed by atoms with Crippen LogP contribution in [0, 0.1) is 5.82 Å². The van der Waals surface area contributed by atoms with Gasteiger partial charge in [-0.1, -0.05) is 0 Å². The quantitative estimate of drug-likeness (QED) is 0.271. The molecule has 0 fully saturated rings. The summed E-state index contributed by atoms with van der Waals surface area (Å²) in [5.41, 5.74) is 3.62. The standard InChI is InChI=1S/C18H16Br2FN7O2/c1-28(2)18-25-16(23-11-5-3-10(21)4-6-11)24-17(26-18)27-22-8-9-7-12(19)15(30)13(20)14(9)29/h3-8,29-30H,1-2H3,(H2,23,24,25,26,27)/b22-8-. The van der Waals surface area contributed by atoms with Crippen LogP contribution in [0.3, 0.4) is 0 Å². The molecule has 0 atom stereocenters. The van der Waals surface area contributed by atoms with Crippen molar-refractivity contribution in [1.82, 2.24) is 15.0 Å². The van der Waals surface area contributed by atoms with E-state index in [9.17, 15) is 14.6 Å². The van der Waals surface area contributed by atoms with E-state index in [1.165, 1.54) is 24.4 Å². The number of hydrazone groups is 1. The number of anilines is 4. The fourth-order valence-electron chi connectivity index (χ4n) is 2.21. The van der Waals surface area contributed by atoms with Crippen molar-refractivity contribution in [3.8, 4) is 11.5 Å². The van der Waals surface area contributed by atoms with E-state index in [2.05, 4.69) is 62.7 Å². The molecule has 0 aliphatic carbocycles. The molecule has 156 valence electrons. The van der Waals surface area contributed by atoms with Crippen LogP contribution in [0.2, 0.25) is 0 Å². The summed E-state index contributed by atoms with van der Waals surface area (Å²) in [7, 11) is 3.54. The van der Waals surface area contributed by atoms with Gasteiger partial charge in [-0.25, -0.2) is 9.82 Å². The molecular weight excluding hydrogens is 525 g/mol. The van der Waals surface area contributed by atoms with Gasteiger partial charge in [-0.15, -0.1) is 0 Å². The van der Waals surface area contributed by atoms with Gasteiger partial charge >= 0.3 is 0 Å². The van der Waals surface area contributed by atoms with E-state index in [1.54, 1.807) is 31.1 Å². The van der Waals surface area contributed by atoms with Crippen LogP contribution in [0.15, 0.2) is 44.4 Å². The van der Waals surface area contributed by atoms with E-state index < -0.39 is 0 Å². The predicted octanol–water partition coefficient (Wildman–Crippen LogP) is 4.20. The van der Waals surface area contributed by atoms with Crippen molar-refractivity contribution in [3.05, 3.63) is 50.7 Å². The van der Waals surface area contributed by atoms with Gasteiger partial charge in [-0.3, -0.25) is 0 Å². The lowest BCUT2D eigenvalue weighted by Gasteiger charge is -2.13. The molecule has 0 spiro atoms. The highest BCUT2D eigenvalue weighted by molar-refractivity contribution is 9.11. The minimum Gasteiger partial charge on any atom is -0.506 e. The van der Waals surface area contributed by atoms with Gasteiger partial charge in [0.25, 0.3) is 0 Å². The summed E-state index contributed by atoms with van der Waals surface area (Å²) >= 11 is 6.30. The molecule has 0 saturated carbocycles. The van der Waals surface area contributed by atoms with E-state index in [0.29, 0.717) is 21.7 Å². The van der Waals surface area contributed by atoms with E-state index >= 15 is 0 Å². The van der Waals surface area contributed by atoms with Crippen molar-refractivity contribution in [2.75, 3.05) is 29.7 Å². The average Bonchev–Trinajstić information content (AvgIpc) is 2.71. The Labute approximate surface area is 188 Å². The minimum absolute atomic E-state index is 0.123. The maximum absolute atomic E-state index is 13.1. The molecule has 2 aromatic carbocycles. The number of hydrogen-bond acceptors (Lipinski definition) is 9. The third-order valence-electron chi connectivity index (χ3n) is 3.69. The molecule has 0 radical (unpaired) electrons. The van der Waals surface area contributed by atoms with Crippen molar-refractivity contribution in [1.29, 1.82) is 0 Å². The van der Waals surface area contributed by atoms with Gasteiger partial charge in [0.05, 0.1) is 10.7 Å². The highest BCUT2D eigenvalue weighted by atomic mass is 79.9. The first-order valence-corrected chi connectivity index (χ1v) is 9.98.